The van der Waals surface area contributed by atoms with E-state index in [0.29, 0.717) is 5.56 Å². The van der Waals surface area contributed by atoms with Gasteiger partial charge in [-0.25, -0.2) is 14.8 Å². The summed E-state index contributed by atoms with van der Waals surface area (Å²) in [6.07, 6.45) is 4.26. The average molecular weight is 167 g/mol. The molecule has 64 valence electrons. The van der Waals surface area contributed by atoms with E-state index in [1.165, 1.54) is 18.7 Å². The van der Waals surface area contributed by atoms with E-state index in [2.05, 4.69) is 9.97 Å². The summed E-state index contributed by atoms with van der Waals surface area (Å²) in [4.78, 5) is 18.9. The molecule has 12 heavy (non-hydrogen) atoms. The normalized spacial score (nSPS) is 11.2. The zero-order chi connectivity index (χ0) is 9.19. The van der Waals surface area contributed by atoms with Gasteiger partial charge in [0.2, 0.25) is 0 Å². The second-order valence-electron chi connectivity index (χ2n) is 2.97. The molecule has 5 nitrogen and oxygen atoms in total. The van der Waals surface area contributed by atoms with Crippen molar-refractivity contribution in [2.45, 2.75) is 0 Å². The highest BCUT2D eigenvalue weighted by Gasteiger charge is 2.24. The highest BCUT2D eigenvalue weighted by molar-refractivity contribution is 5.87. The third-order valence-electron chi connectivity index (χ3n) is 1.33. The van der Waals surface area contributed by atoms with Crippen LogP contribution < -0.4 is 5.84 Å². The SMILES string of the molecule is C[N+](C)(N)C(=O)c1cncnc1. The molecule has 1 rings (SSSR count). The zero-order valence-electron chi connectivity index (χ0n) is 7.06. The summed E-state index contributed by atoms with van der Waals surface area (Å²) in [5.74, 6) is 5.33. The molecule has 0 aliphatic rings. The third-order valence-corrected chi connectivity index (χ3v) is 1.33. The molecule has 0 spiro atoms. The number of hydrogen-bond acceptors (Lipinski definition) is 4. The van der Waals surface area contributed by atoms with E-state index in [-0.39, 0.29) is 10.5 Å². The summed E-state index contributed by atoms with van der Waals surface area (Å²) >= 11 is 0. The Bertz CT molecular complexity index is 277. The van der Waals surface area contributed by atoms with Crippen molar-refractivity contribution in [1.29, 1.82) is 0 Å². The maximum absolute atomic E-state index is 11.4. The van der Waals surface area contributed by atoms with Crippen molar-refractivity contribution in [2.24, 2.45) is 5.84 Å². The second kappa shape index (κ2) is 2.96. The molecule has 0 aliphatic heterocycles. The van der Waals surface area contributed by atoms with E-state index >= 15 is 0 Å². The number of carbonyl (C=O) groups is 1. The molecule has 0 saturated carbocycles. The van der Waals surface area contributed by atoms with Gasteiger partial charge in [0.25, 0.3) is 0 Å². The van der Waals surface area contributed by atoms with Gasteiger partial charge in [0, 0.05) is 12.4 Å². The van der Waals surface area contributed by atoms with Crippen molar-refractivity contribution in [3.8, 4) is 0 Å². The molecule has 0 bridgehead atoms. The fourth-order valence-electron chi connectivity index (χ4n) is 0.742. The Morgan fingerprint density at radius 2 is 1.92 bits per heavy atom. The van der Waals surface area contributed by atoms with E-state index < -0.39 is 0 Å². The van der Waals surface area contributed by atoms with Crippen LogP contribution in [0.4, 0.5) is 0 Å². The van der Waals surface area contributed by atoms with Crippen molar-refractivity contribution in [1.82, 2.24) is 9.97 Å². The van der Waals surface area contributed by atoms with Crippen LogP contribution in [0.3, 0.4) is 0 Å². The van der Waals surface area contributed by atoms with Gasteiger partial charge in [-0.05, 0) is 0 Å². The minimum absolute atomic E-state index is 0.212. The van der Waals surface area contributed by atoms with Gasteiger partial charge >= 0.3 is 5.91 Å². The number of nitrogens with two attached hydrogens (primary N) is 1. The van der Waals surface area contributed by atoms with Crippen molar-refractivity contribution in [3.63, 3.8) is 0 Å². The number of aromatic nitrogens is 2. The van der Waals surface area contributed by atoms with Crippen LogP contribution in [0.25, 0.3) is 0 Å². The van der Waals surface area contributed by atoms with E-state index in [0.717, 1.165) is 0 Å². The first-order valence-electron chi connectivity index (χ1n) is 3.44. The molecule has 0 unspecified atom stereocenters. The van der Waals surface area contributed by atoms with E-state index in [1.807, 2.05) is 0 Å². The molecule has 1 amide bonds. The summed E-state index contributed by atoms with van der Waals surface area (Å²) in [6.45, 7) is 0. The van der Waals surface area contributed by atoms with Crippen LogP contribution in [0, 0.1) is 0 Å². The fourth-order valence-corrected chi connectivity index (χ4v) is 0.742. The lowest BCUT2D eigenvalue weighted by molar-refractivity contribution is -0.819. The molecule has 0 aromatic carbocycles. The quantitative estimate of drug-likeness (QED) is 0.266. The average Bonchev–Trinajstić information content (AvgIpc) is 2.03. The predicted octanol–water partition coefficient (Wildman–Crippen LogP) is -0.433. The van der Waals surface area contributed by atoms with Crippen LogP contribution in [0.1, 0.15) is 10.4 Å². The van der Waals surface area contributed by atoms with Gasteiger partial charge in [0.15, 0.2) is 0 Å². The van der Waals surface area contributed by atoms with Crippen LogP contribution in [-0.2, 0) is 0 Å². The van der Waals surface area contributed by atoms with Crippen LogP contribution >= 0.6 is 0 Å². The van der Waals surface area contributed by atoms with Gasteiger partial charge in [-0.3, -0.25) is 0 Å². The van der Waals surface area contributed by atoms with Crippen molar-refractivity contribution in [2.75, 3.05) is 14.1 Å². The van der Waals surface area contributed by atoms with Gasteiger partial charge in [-0.2, -0.15) is 10.4 Å². The standard InChI is InChI=1S/C7H11N4O/c1-11(2,8)7(12)6-3-9-5-10-4-6/h3-5H,8H2,1-2H3/q+1. The molecule has 0 atom stereocenters. The van der Waals surface area contributed by atoms with Crippen LogP contribution in [0.2, 0.25) is 0 Å². The topological polar surface area (TPSA) is 68.9 Å². The number of nitrogens with zero attached hydrogens (tertiary/aromatic N) is 3. The van der Waals surface area contributed by atoms with Crippen molar-refractivity contribution in [3.05, 3.63) is 24.3 Å². The lowest BCUT2D eigenvalue weighted by Crippen LogP contribution is -2.51. The number of hydrogen-bond donors (Lipinski definition) is 1. The summed E-state index contributed by atoms with van der Waals surface area (Å²) in [6, 6.07) is 0. The summed E-state index contributed by atoms with van der Waals surface area (Å²) in [7, 11) is 3.19. The highest BCUT2D eigenvalue weighted by Crippen LogP contribution is 2.00. The minimum Gasteiger partial charge on any atom is -0.244 e. The second-order valence-corrected chi connectivity index (χ2v) is 2.97. The number of rotatable bonds is 1. The largest absolute Gasteiger partial charge is 0.367 e. The molecule has 1 heterocycles. The summed E-state index contributed by atoms with van der Waals surface area (Å²) < 4.78 is -0.243. The van der Waals surface area contributed by atoms with Gasteiger partial charge < -0.3 is 0 Å². The van der Waals surface area contributed by atoms with E-state index in [1.54, 1.807) is 14.1 Å². The first kappa shape index (κ1) is 8.76. The Balaban J connectivity index is 2.94. The molecule has 5 heteroatoms. The van der Waals surface area contributed by atoms with Gasteiger partial charge in [0.05, 0.1) is 14.1 Å². The minimum atomic E-state index is -0.243. The Labute approximate surface area is 70.4 Å². The molecule has 1 aromatic heterocycles. The zero-order valence-corrected chi connectivity index (χ0v) is 7.06. The monoisotopic (exact) mass is 167 g/mol. The predicted molar refractivity (Wildman–Crippen MR) is 42.7 cm³/mol. The highest BCUT2D eigenvalue weighted by atomic mass is 16.2. The van der Waals surface area contributed by atoms with Gasteiger partial charge in [-0.15, -0.1) is 0 Å². The molecule has 0 fully saturated rings. The van der Waals surface area contributed by atoms with Gasteiger partial charge in [0.1, 0.15) is 11.9 Å². The number of amides is 1. The Kier molecular flexibility index (Phi) is 2.16. The molecular weight excluding hydrogens is 156 g/mol. The van der Waals surface area contributed by atoms with Crippen LogP contribution in [0.5, 0.6) is 0 Å². The maximum atomic E-state index is 11.4. The summed E-state index contributed by atoms with van der Waals surface area (Å²) in [5.41, 5.74) is 0.421. The number of carbonyl (C=O) groups excluding carboxylic acids is 1. The van der Waals surface area contributed by atoms with Crippen LogP contribution in [-0.4, -0.2) is 34.6 Å². The van der Waals surface area contributed by atoms with Crippen molar-refractivity contribution >= 4 is 5.91 Å². The fraction of sp³-hybridized carbons (Fsp3) is 0.286. The van der Waals surface area contributed by atoms with Crippen molar-refractivity contribution < 1.29 is 9.39 Å². The summed E-state index contributed by atoms with van der Waals surface area (Å²) in [5, 5.41) is 0. The molecule has 1 aromatic rings. The number of quaternary nitrogens is 1. The lowest BCUT2D eigenvalue weighted by atomic mass is 10.3. The van der Waals surface area contributed by atoms with E-state index in [4.69, 9.17) is 5.84 Å². The van der Waals surface area contributed by atoms with E-state index in [9.17, 15) is 4.79 Å². The smallest absolute Gasteiger partial charge is 0.244 e. The Hall–Kier alpha value is -1.33. The third kappa shape index (κ3) is 1.84. The molecule has 0 saturated heterocycles. The van der Waals surface area contributed by atoms with Crippen LogP contribution in [0.15, 0.2) is 18.7 Å². The Morgan fingerprint density at radius 3 is 2.33 bits per heavy atom. The molecule has 2 N–H and O–H groups in total. The first-order chi connectivity index (χ1) is 5.52. The molecule has 0 radical (unpaired) electrons. The maximum Gasteiger partial charge on any atom is 0.367 e. The molecular formula is C7H11N4O+. The van der Waals surface area contributed by atoms with Gasteiger partial charge in [-0.1, -0.05) is 0 Å². The Morgan fingerprint density at radius 1 is 1.42 bits per heavy atom. The lowest BCUT2D eigenvalue weighted by Gasteiger charge is -2.18. The first-order valence-corrected chi connectivity index (χ1v) is 3.44. The molecule has 0 aliphatic carbocycles.